The van der Waals surface area contributed by atoms with Crippen LogP contribution in [0.15, 0.2) is 0 Å². The van der Waals surface area contributed by atoms with E-state index in [9.17, 15) is 5.11 Å². The van der Waals surface area contributed by atoms with E-state index >= 15 is 0 Å². The maximum Gasteiger partial charge on any atom is 0.106 e. The van der Waals surface area contributed by atoms with Crippen molar-refractivity contribution in [2.45, 2.75) is 65.4 Å². The summed E-state index contributed by atoms with van der Waals surface area (Å²) in [6.07, 6.45) is 5.05. The largest absolute Gasteiger partial charge is 0.229 e. The SMILES string of the molecule is CCCCC(C)C([O])(CC)CC. The van der Waals surface area contributed by atoms with E-state index in [1.54, 1.807) is 0 Å². The summed E-state index contributed by atoms with van der Waals surface area (Å²) in [5, 5.41) is 12.0. The summed E-state index contributed by atoms with van der Waals surface area (Å²) in [4.78, 5) is 0. The minimum atomic E-state index is -0.658. The number of rotatable bonds is 6. The van der Waals surface area contributed by atoms with Crippen molar-refractivity contribution < 1.29 is 5.11 Å². The molecule has 73 valence electrons. The highest BCUT2D eigenvalue weighted by Gasteiger charge is 2.31. The van der Waals surface area contributed by atoms with Crippen LogP contribution < -0.4 is 0 Å². The summed E-state index contributed by atoms with van der Waals surface area (Å²) in [5.41, 5.74) is -0.658. The second-order valence-electron chi connectivity index (χ2n) is 3.82. The molecule has 0 aromatic rings. The van der Waals surface area contributed by atoms with Gasteiger partial charge in [-0.25, -0.2) is 5.11 Å². The Labute approximate surface area is 77.2 Å². The maximum atomic E-state index is 12.0. The van der Waals surface area contributed by atoms with Crippen molar-refractivity contribution in [3.8, 4) is 0 Å². The first kappa shape index (κ1) is 12.0. The van der Waals surface area contributed by atoms with Crippen LogP contribution in [0.25, 0.3) is 0 Å². The van der Waals surface area contributed by atoms with Crippen LogP contribution >= 0.6 is 0 Å². The third-order valence-electron chi connectivity index (χ3n) is 3.09. The molecule has 1 nitrogen and oxygen atoms in total. The third kappa shape index (κ3) is 3.14. The van der Waals surface area contributed by atoms with E-state index in [4.69, 9.17) is 0 Å². The van der Waals surface area contributed by atoms with Gasteiger partial charge in [0.25, 0.3) is 0 Å². The lowest BCUT2D eigenvalue weighted by atomic mass is 9.81. The standard InChI is InChI=1S/C11H23O/c1-5-8-9-10(4)11(12,6-2)7-3/h10H,5-9H2,1-4H3. The highest BCUT2D eigenvalue weighted by atomic mass is 16.3. The van der Waals surface area contributed by atoms with Crippen LogP contribution in [0.4, 0.5) is 0 Å². The smallest absolute Gasteiger partial charge is 0.106 e. The molecular formula is C11H23O. The monoisotopic (exact) mass is 171 g/mol. The van der Waals surface area contributed by atoms with Crippen LogP contribution in [0, 0.1) is 5.92 Å². The Kier molecular flexibility index (Phi) is 5.56. The van der Waals surface area contributed by atoms with Crippen molar-refractivity contribution >= 4 is 0 Å². The first-order chi connectivity index (χ1) is 5.60. The van der Waals surface area contributed by atoms with Crippen molar-refractivity contribution in [2.24, 2.45) is 5.92 Å². The molecule has 0 amide bonds. The molecule has 0 saturated carbocycles. The highest BCUT2D eigenvalue weighted by Crippen LogP contribution is 2.29. The quantitative estimate of drug-likeness (QED) is 0.579. The van der Waals surface area contributed by atoms with Gasteiger partial charge < -0.3 is 0 Å². The molecule has 1 atom stereocenters. The first-order valence-corrected chi connectivity index (χ1v) is 5.31. The zero-order valence-electron chi connectivity index (χ0n) is 9.02. The fourth-order valence-corrected chi connectivity index (χ4v) is 1.72. The molecule has 0 N–H and O–H groups in total. The molecule has 1 unspecified atom stereocenters. The second-order valence-corrected chi connectivity index (χ2v) is 3.82. The van der Waals surface area contributed by atoms with Crippen LogP contribution in [0.3, 0.4) is 0 Å². The van der Waals surface area contributed by atoms with Crippen LogP contribution in [0.2, 0.25) is 0 Å². The maximum absolute atomic E-state index is 12.0. The molecule has 0 aliphatic rings. The summed E-state index contributed by atoms with van der Waals surface area (Å²) < 4.78 is 0. The summed E-state index contributed by atoms with van der Waals surface area (Å²) in [6, 6.07) is 0. The van der Waals surface area contributed by atoms with Gasteiger partial charge in [0.2, 0.25) is 0 Å². The molecular weight excluding hydrogens is 148 g/mol. The summed E-state index contributed by atoms with van der Waals surface area (Å²) in [7, 11) is 0. The Bertz CT molecular complexity index is 106. The van der Waals surface area contributed by atoms with Gasteiger partial charge in [0.15, 0.2) is 0 Å². The molecule has 0 rings (SSSR count). The first-order valence-electron chi connectivity index (χ1n) is 5.31. The summed E-state index contributed by atoms with van der Waals surface area (Å²) in [6.45, 7) is 8.31. The van der Waals surface area contributed by atoms with Crippen molar-refractivity contribution in [1.82, 2.24) is 0 Å². The van der Waals surface area contributed by atoms with Crippen LogP contribution in [0.1, 0.15) is 59.8 Å². The van der Waals surface area contributed by atoms with E-state index in [0.29, 0.717) is 5.92 Å². The van der Waals surface area contributed by atoms with Crippen LogP contribution in [-0.2, 0) is 5.11 Å². The van der Waals surface area contributed by atoms with Gasteiger partial charge in [-0.05, 0) is 25.2 Å². The molecule has 0 fully saturated rings. The Morgan fingerprint density at radius 3 is 2.00 bits per heavy atom. The van der Waals surface area contributed by atoms with Crippen LogP contribution in [0.5, 0.6) is 0 Å². The lowest BCUT2D eigenvalue weighted by molar-refractivity contribution is -0.0815. The molecule has 1 radical (unpaired) electrons. The number of unbranched alkanes of at least 4 members (excludes halogenated alkanes) is 1. The van der Waals surface area contributed by atoms with Gasteiger partial charge >= 0.3 is 0 Å². The Morgan fingerprint density at radius 1 is 1.17 bits per heavy atom. The number of hydrogen-bond acceptors (Lipinski definition) is 0. The van der Waals surface area contributed by atoms with E-state index < -0.39 is 5.60 Å². The molecule has 1 heteroatoms. The predicted molar refractivity (Wildman–Crippen MR) is 52.7 cm³/mol. The summed E-state index contributed by atoms with van der Waals surface area (Å²) in [5.74, 6) is 0.340. The fraction of sp³-hybridized carbons (Fsp3) is 1.00. The predicted octanol–water partition coefficient (Wildman–Crippen LogP) is 3.80. The lowest BCUT2D eigenvalue weighted by Crippen LogP contribution is -2.33. The zero-order chi connectivity index (χ0) is 9.61. The normalized spacial score (nSPS) is 14.8. The Morgan fingerprint density at radius 2 is 1.67 bits per heavy atom. The van der Waals surface area contributed by atoms with Crippen molar-refractivity contribution in [3.05, 3.63) is 0 Å². The van der Waals surface area contributed by atoms with Gasteiger partial charge in [0, 0.05) is 0 Å². The second kappa shape index (κ2) is 5.58. The number of hydrogen-bond donors (Lipinski definition) is 0. The molecule has 0 saturated heterocycles. The van der Waals surface area contributed by atoms with E-state index in [1.165, 1.54) is 12.8 Å². The Balaban J connectivity index is 3.93. The van der Waals surface area contributed by atoms with E-state index in [0.717, 1.165) is 19.3 Å². The van der Waals surface area contributed by atoms with Gasteiger partial charge in [0.1, 0.15) is 5.60 Å². The molecule has 0 aromatic carbocycles. The lowest BCUT2D eigenvalue weighted by Gasteiger charge is -2.29. The zero-order valence-corrected chi connectivity index (χ0v) is 9.02. The van der Waals surface area contributed by atoms with Crippen molar-refractivity contribution in [3.63, 3.8) is 0 Å². The molecule has 0 aliphatic heterocycles. The highest BCUT2D eigenvalue weighted by molar-refractivity contribution is 4.80. The van der Waals surface area contributed by atoms with E-state index in [-0.39, 0.29) is 0 Å². The van der Waals surface area contributed by atoms with Crippen molar-refractivity contribution in [2.75, 3.05) is 0 Å². The molecule has 12 heavy (non-hydrogen) atoms. The fourth-order valence-electron chi connectivity index (χ4n) is 1.72. The van der Waals surface area contributed by atoms with Gasteiger partial charge in [-0.15, -0.1) is 0 Å². The van der Waals surface area contributed by atoms with Gasteiger partial charge in [-0.2, -0.15) is 0 Å². The van der Waals surface area contributed by atoms with Crippen molar-refractivity contribution in [1.29, 1.82) is 0 Å². The topological polar surface area (TPSA) is 19.9 Å². The Hall–Kier alpha value is -0.0400. The molecule has 0 heterocycles. The molecule has 0 spiro atoms. The van der Waals surface area contributed by atoms with Gasteiger partial charge in [-0.3, -0.25) is 0 Å². The molecule has 0 aliphatic carbocycles. The van der Waals surface area contributed by atoms with E-state index in [2.05, 4.69) is 13.8 Å². The molecule has 0 bridgehead atoms. The average Bonchev–Trinajstić information content (AvgIpc) is 2.12. The molecule has 0 aromatic heterocycles. The minimum absolute atomic E-state index is 0.340. The van der Waals surface area contributed by atoms with Gasteiger partial charge in [-0.1, -0.05) is 40.5 Å². The van der Waals surface area contributed by atoms with Gasteiger partial charge in [0.05, 0.1) is 0 Å². The van der Waals surface area contributed by atoms with E-state index in [1.807, 2.05) is 13.8 Å². The van der Waals surface area contributed by atoms with Crippen LogP contribution in [-0.4, -0.2) is 5.60 Å². The summed E-state index contributed by atoms with van der Waals surface area (Å²) >= 11 is 0. The minimum Gasteiger partial charge on any atom is -0.229 e. The third-order valence-corrected chi connectivity index (χ3v) is 3.09. The average molecular weight is 171 g/mol.